The predicted octanol–water partition coefficient (Wildman–Crippen LogP) is 3.06. The summed E-state index contributed by atoms with van der Waals surface area (Å²) >= 11 is 0. The number of nitrogens with zero attached hydrogens (tertiary/aromatic N) is 1. The number of dihydropyridines is 1. The average Bonchev–Trinajstić information content (AvgIpc) is 3.00. The van der Waals surface area contributed by atoms with Crippen LogP contribution in [-0.4, -0.2) is 24.1 Å². The van der Waals surface area contributed by atoms with Crippen LogP contribution in [0.15, 0.2) is 16.8 Å². The van der Waals surface area contributed by atoms with Gasteiger partial charge in [0.15, 0.2) is 0 Å². The van der Waals surface area contributed by atoms with Gasteiger partial charge in [-0.05, 0) is 33.1 Å². The molecule has 1 heterocycles. The molecule has 0 radical (unpaired) electrons. The van der Waals surface area contributed by atoms with Crippen LogP contribution in [0.2, 0.25) is 0 Å². The van der Waals surface area contributed by atoms with E-state index < -0.39 is 0 Å². The van der Waals surface area contributed by atoms with Gasteiger partial charge in [0.2, 0.25) is 5.90 Å². The Kier molecular flexibility index (Phi) is 3.52. The molecule has 1 fully saturated rings. The Morgan fingerprint density at radius 1 is 1.44 bits per heavy atom. The van der Waals surface area contributed by atoms with Gasteiger partial charge in [-0.3, -0.25) is 0 Å². The zero-order valence-corrected chi connectivity index (χ0v) is 10.4. The molecule has 16 heavy (non-hydrogen) atoms. The molecule has 0 aromatic heterocycles. The van der Waals surface area contributed by atoms with Gasteiger partial charge in [-0.25, -0.2) is 4.99 Å². The second kappa shape index (κ2) is 4.89. The molecule has 90 valence electrons. The first kappa shape index (κ1) is 11.5. The van der Waals surface area contributed by atoms with Crippen LogP contribution >= 0.6 is 0 Å². The third-order valence-corrected chi connectivity index (χ3v) is 2.70. The third-order valence-electron chi connectivity index (χ3n) is 2.70. The van der Waals surface area contributed by atoms with Crippen LogP contribution in [0.3, 0.4) is 0 Å². The lowest BCUT2D eigenvalue weighted by Gasteiger charge is -2.21. The molecule has 0 bridgehead atoms. The van der Waals surface area contributed by atoms with E-state index in [1.54, 1.807) is 0 Å². The number of aliphatic imine (C=N–C) groups is 1. The van der Waals surface area contributed by atoms with Gasteiger partial charge in [0.1, 0.15) is 5.76 Å². The van der Waals surface area contributed by atoms with Crippen LogP contribution in [-0.2, 0) is 9.47 Å². The van der Waals surface area contributed by atoms with Gasteiger partial charge in [-0.1, -0.05) is 6.92 Å². The van der Waals surface area contributed by atoms with Crippen molar-refractivity contribution >= 4 is 5.90 Å². The van der Waals surface area contributed by atoms with Crippen LogP contribution in [0.4, 0.5) is 0 Å². The molecule has 0 aromatic carbocycles. The molecule has 1 aliphatic heterocycles. The monoisotopic (exact) mass is 223 g/mol. The molecule has 3 nitrogen and oxygen atoms in total. The molecular formula is C13H21NO2. The van der Waals surface area contributed by atoms with Crippen LogP contribution in [0, 0.1) is 0 Å². The van der Waals surface area contributed by atoms with Gasteiger partial charge >= 0.3 is 0 Å². The van der Waals surface area contributed by atoms with Crippen molar-refractivity contribution in [3.8, 4) is 0 Å². The molecular weight excluding hydrogens is 202 g/mol. The summed E-state index contributed by atoms with van der Waals surface area (Å²) in [5.74, 6) is 1.80. The maximum absolute atomic E-state index is 5.85. The largest absolute Gasteiger partial charge is 0.494 e. The van der Waals surface area contributed by atoms with Crippen molar-refractivity contribution in [1.82, 2.24) is 0 Å². The lowest BCUT2D eigenvalue weighted by atomic mass is 10.1. The smallest absolute Gasteiger partial charge is 0.212 e. The highest BCUT2D eigenvalue weighted by molar-refractivity contribution is 5.89. The van der Waals surface area contributed by atoms with Crippen LogP contribution in [0.25, 0.3) is 0 Å². The first-order chi connectivity index (χ1) is 7.67. The van der Waals surface area contributed by atoms with Gasteiger partial charge in [0, 0.05) is 12.5 Å². The van der Waals surface area contributed by atoms with Gasteiger partial charge < -0.3 is 9.47 Å². The Labute approximate surface area is 97.5 Å². The van der Waals surface area contributed by atoms with E-state index in [4.69, 9.17) is 9.47 Å². The molecule has 2 aliphatic rings. The molecule has 1 unspecified atom stereocenters. The van der Waals surface area contributed by atoms with Crippen LogP contribution in [0.5, 0.6) is 0 Å². The van der Waals surface area contributed by atoms with E-state index >= 15 is 0 Å². The Hall–Kier alpha value is -0.990. The Morgan fingerprint density at radius 3 is 2.75 bits per heavy atom. The van der Waals surface area contributed by atoms with E-state index in [9.17, 15) is 0 Å². The minimum Gasteiger partial charge on any atom is -0.494 e. The lowest BCUT2D eigenvalue weighted by Crippen LogP contribution is -2.20. The van der Waals surface area contributed by atoms with Crippen molar-refractivity contribution in [2.24, 2.45) is 4.99 Å². The molecule has 1 aliphatic carbocycles. The molecule has 2 rings (SSSR count). The number of hydrogen-bond donors (Lipinski definition) is 0. The average molecular weight is 223 g/mol. The topological polar surface area (TPSA) is 30.8 Å². The second-order valence-electron chi connectivity index (χ2n) is 4.83. The highest BCUT2D eigenvalue weighted by Crippen LogP contribution is 2.30. The SMILES string of the molecule is CCC1CC(OC2CC2)=CC(OC(C)C)=N1. The van der Waals surface area contributed by atoms with Crippen molar-refractivity contribution in [2.45, 2.75) is 64.7 Å². The molecule has 1 atom stereocenters. The highest BCUT2D eigenvalue weighted by atomic mass is 16.5. The highest BCUT2D eigenvalue weighted by Gasteiger charge is 2.27. The van der Waals surface area contributed by atoms with Crippen molar-refractivity contribution in [1.29, 1.82) is 0 Å². The van der Waals surface area contributed by atoms with Gasteiger partial charge in [0.25, 0.3) is 0 Å². The van der Waals surface area contributed by atoms with E-state index in [1.165, 1.54) is 12.8 Å². The normalized spacial score (nSPS) is 25.1. The predicted molar refractivity (Wildman–Crippen MR) is 64.5 cm³/mol. The van der Waals surface area contributed by atoms with E-state index in [0.29, 0.717) is 12.1 Å². The molecule has 1 saturated carbocycles. The van der Waals surface area contributed by atoms with Crippen molar-refractivity contribution in [3.05, 3.63) is 11.8 Å². The minimum atomic E-state index is 0.174. The Balaban J connectivity index is 2.00. The van der Waals surface area contributed by atoms with Gasteiger partial charge in [0.05, 0.1) is 18.2 Å². The lowest BCUT2D eigenvalue weighted by molar-refractivity contribution is 0.175. The van der Waals surface area contributed by atoms with E-state index in [2.05, 4.69) is 11.9 Å². The zero-order valence-electron chi connectivity index (χ0n) is 10.4. The minimum absolute atomic E-state index is 0.174. The van der Waals surface area contributed by atoms with Crippen molar-refractivity contribution < 1.29 is 9.47 Å². The standard InChI is InChI=1S/C13H21NO2/c1-4-10-7-12(16-11-5-6-11)8-13(14-10)15-9(2)3/h8-11H,4-7H2,1-3H3. The number of rotatable bonds is 4. The Bertz CT molecular complexity index is 303. The molecule has 3 heteroatoms. The summed E-state index contributed by atoms with van der Waals surface area (Å²) in [5, 5.41) is 0. The van der Waals surface area contributed by atoms with E-state index in [-0.39, 0.29) is 6.10 Å². The molecule has 0 N–H and O–H groups in total. The number of ether oxygens (including phenoxy) is 2. The zero-order chi connectivity index (χ0) is 11.5. The van der Waals surface area contributed by atoms with Crippen LogP contribution < -0.4 is 0 Å². The first-order valence-electron chi connectivity index (χ1n) is 6.29. The van der Waals surface area contributed by atoms with E-state index in [0.717, 1.165) is 24.5 Å². The first-order valence-corrected chi connectivity index (χ1v) is 6.29. The molecule has 0 amide bonds. The third kappa shape index (κ3) is 3.26. The summed E-state index contributed by atoms with van der Waals surface area (Å²) in [6, 6.07) is 0.326. The summed E-state index contributed by atoms with van der Waals surface area (Å²) < 4.78 is 11.5. The molecule has 0 aromatic rings. The second-order valence-corrected chi connectivity index (χ2v) is 4.83. The molecule has 0 spiro atoms. The Morgan fingerprint density at radius 2 is 2.19 bits per heavy atom. The summed E-state index contributed by atoms with van der Waals surface area (Å²) in [4.78, 5) is 4.56. The molecule has 0 saturated heterocycles. The fourth-order valence-corrected chi connectivity index (χ4v) is 1.72. The summed E-state index contributed by atoms with van der Waals surface area (Å²) in [6.45, 7) is 6.20. The fraction of sp³-hybridized carbons (Fsp3) is 0.769. The number of hydrogen-bond acceptors (Lipinski definition) is 3. The summed E-state index contributed by atoms with van der Waals surface area (Å²) in [7, 11) is 0. The maximum atomic E-state index is 5.85. The van der Waals surface area contributed by atoms with Crippen LogP contribution in [0.1, 0.15) is 46.5 Å². The van der Waals surface area contributed by atoms with Gasteiger partial charge in [-0.15, -0.1) is 0 Å². The summed E-state index contributed by atoms with van der Waals surface area (Å²) in [6.07, 6.45) is 6.96. The van der Waals surface area contributed by atoms with Crippen molar-refractivity contribution in [2.75, 3.05) is 0 Å². The summed E-state index contributed by atoms with van der Waals surface area (Å²) in [5.41, 5.74) is 0. The van der Waals surface area contributed by atoms with E-state index in [1.807, 2.05) is 19.9 Å². The fourth-order valence-electron chi connectivity index (χ4n) is 1.72. The quantitative estimate of drug-likeness (QED) is 0.733. The van der Waals surface area contributed by atoms with Gasteiger partial charge in [-0.2, -0.15) is 0 Å². The van der Waals surface area contributed by atoms with Crippen molar-refractivity contribution in [3.63, 3.8) is 0 Å². The maximum Gasteiger partial charge on any atom is 0.212 e.